The van der Waals surface area contributed by atoms with E-state index in [-0.39, 0.29) is 0 Å². The first kappa shape index (κ1) is 18.7. The molecule has 2 aromatic rings. The Balaban J connectivity index is 1.91. The van der Waals surface area contributed by atoms with Crippen LogP contribution < -0.4 is 0 Å². The van der Waals surface area contributed by atoms with Gasteiger partial charge in [0.1, 0.15) is 0 Å². The summed E-state index contributed by atoms with van der Waals surface area (Å²) in [6, 6.07) is 15.3. The van der Waals surface area contributed by atoms with Crippen LogP contribution in [0.25, 0.3) is 12.2 Å². The molecule has 0 saturated heterocycles. The molecule has 0 N–H and O–H groups in total. The Kier molecular flexibility index (Phi) is 6.17. The van der Waals surface area contributed by atoms with Crippen molar-refractivity contribution in [2.45, 2.75) is 12.8 Å². The fourth-order valence-corrected chi connectivity index (χ4v) is 3.20. The lowest BCUT2D eigenvalue weighted by molar-refractivity contribution is -0.132. The van der Waals surface area contributed by atoms with Crippen LogP contribution in [0.15, 0.2) is 80.8 Å². The number of halogens is 2. The van der Waals surface area contributed by atoms with E-state index in [4.69, 9.17) is 0 Å². The van der Waals surface area contributed by atoms with Gasteiger partial charge in [-0.3, -0.25) is 9.59 Å². The van der Waals surface area contributed by atoms with Crippen LogP contribution >= 0.6 is 31.9 Å². The average Bonchev–Trinajstić information content (AvgIpc) is 2.64. The van der Waals surface area contributed by atoms with Gasteiger partial charge in [0.25, 0.3) is 0 Å². The largest absolute Gasteiger partial charge is 0.285 e. The molecule has 0 fully saturated rings. The summed E-state index contributed by atoms with van der Waals surface area (Å²) in [5.74, 6) is -0.860. The zero-order valence-electron chi connectivity index (χ0n) is 13.9. The van der Waals surface area contributed by atoms with Crippen LogP contribution in [-0.4, -0.2) is 11.6 Å². The number of benzene rings is 2. The van der Waals surface area contributed by atoms with E-state index < -0.39 is 11.6 Å². The first-order chi connectivity index (χ1) is 12.5. The molecule has 26 heavy (non-hydrogen) atoms. The first-order valence-electron chi connectivity index (χ1n) is 8.19. The molecule has 0 aliphatic heterocycles. The van der Waals surface area contributed by atoms with Crippen LogP contribution in [0.3, 0.4) is 0 Å². The monoisotopic (exact) mass is 470 g/mol. The second-order valence-corrected chi connectivity index (χ2v) is 7.81. The van der Waals surface area contributed by atoms with E-state index in [1.807, 2.05) is 60.7 Å². The normalized spacial score (nSPS) is 18.2. The summed E-state index contributed by atoms with van der Waals surface area (Å²) in [5.41, 5.74) is 2.82. The lowest BCUT2D eigenvalue weighted by Gasteiger charge is -2.10. The Morgan fingerprint density at radius 3 is 1.31 bits per heavy atom. The number of hydrogen-bond acceptors (Lipinski definition) is 2. The van der Waals surface area contributed by atoms with Gasteiger partial charge in [-0.1, -0.05) is 68.3 Å². The smallest absolute Gasteiger partial charge is 0.229 e. The molecule has 130 valence electrons. The molecule has 0 amide bonds. The maximum absolute atomic E-state index is 12.7. The van der Waals surface area contributed by atoms with Crippen LogP contribution in [0.2, 0.25) is 0 Å². The molecule has 0 saturated carbocycles. The highest BCUT2D eigenvalue weighted by atomic mass is 79.9. The van der Waals surface area contributed by atoms with Crippen molar-refractivity contribution >= 4 is 55.6 Å². The number of ketones is 2. The van der Waals surface area contributed by atoms with Crippen molar-refractivity contribution in [1.29, 1.82) is 0 Å². The quantitative estimate of drug-likeness (QED) is 0.298. The SMILES string of the molecule is O=C1C(=O)C(=Cc2ccc(Br)cc2)CC=CCC1=Cc1ccc(Br)cc1. The lowest BCUT2D eigenvalue weighted by atomic mass is 9.92. The fourth-order valence-electron chi connectivity index (χ4n) is 2.67. The Hall–Kier alpha value is -2.04. The summed E-state index contributed by atoms with van der Waals surface area (Å²) in [6.07, 6.45) is 8.41. The third-order valence-electron chi connectivity index (χ3n) is 4.05. The molecule has 2 nitrogen and oxygen atoms in total. The van der Waals surface area contributed by atoms with Crippen molar-refractivity contribution in [3.63, 3.8) is 0 Å². The Labute approximate surface area is 169 Å². The number of Topliss-reactive ketones (excluding diaryl/α,β-unsaturated/α-hetero) is 2. The average molecular weight is 472 g/mol. The standard InChI is InChI=1S/C22H16Br2O2/c23-19-9-5-15(6-10-19)13-17-3-1-2-4-18(22(26)21(17)25)14-16-7-11-20(24)12-8-16/h1-2,5-14H,3-4H2. The summed E-state index contributed by atoms with van der Waals surface area (Å²) in [5, 5.41) is 0. The van der Waals surface area contributed by atoms with Crippen LogP contribution in [0.5, 0.6) is 0 Å². The molecular weight excluding hydrogens is 456 g/mol. The van der Waals surface area contributed by atoms with Gasteiger partial charge < -0.3 is 0 Å². The molecule has 2 aromatic carbocycles. The summed E-state index contributed by atoms with van der Waals surface area (Å²) in [6.45, 7) is 0. The molecule has 3 rings (SSSR count). The third-order valence-corrected chi connectivity index (χ3v) is 5.11. The molecule has 0 atom stereocenters. The minimum absolute atomic E-state index is 0.430. The number of carbonyl (C=O) groups excluding carboxylic acids is 2. The lowest BCUT2D eigenvalue weighted by Crippen LogP contribution is -2.19. The van der Waals surface area contributed by atoms with Gasteiger partial charge >= 0.3 is 0 Å². The molecule has 0 radical (unpaired) electrons. The molecule has 4 heteroatoms. The van der Waals surface area contributed by atoms with Crippen molar-refractivity contribution in [1.82, 2.24) is 0 Å². The van der Waals surface area contributed by atoms with Gasteiger partial charge in [-0.15, -0.1) is 0 Å². The van der Waals surface area contributed by atoms with Crippen molar-refractivity contribution in [3.05, 3.63) is 91.9 Å². The summed E-state index contributed by atoms with van der Waals surface area (Å²) < 4.78 is 1.94. The minimum Gasteiger partial charge on any atom is -0.285 e. The molecule has 0 heterocycles. The maximum Gasteiger partial charge on any atom is 0.229 e. The van der Waals surface area contributed by atoms with Crippen LogP contribution in [0, 0.1) is 0 Å². The van der Waals surface area contributed by atoms with Crippen LogP contribution in [0.4, 0.5) is 0 Å². The summed E-state index contributed by atoms with van der Waals surface area (Å²) in [7, 11) is 0. The molecule has 0 bridgehead atoms. The van der Waals surface area contributed by atoms with Crippen LogP contribution in [0.1, 0.15) is 24.0 Å². The number of carbonyl (C=O) groups is 2. The van der Waals surface area contributed by atoms with Crippen molar-refractivity contribution in [2.24, 2.45) is 0 Å². The summed E-state index contributed by atoms with van der Waals surface area (Å²) in [4.78, 5) is 25.4. The highest BCUT2D eigenvalue weighted by Gasteiger charge is 2.23. The molecule has 0 aromatic heterocycles. The second-order valence-electron chi connectivity index (χ2n) is 5.98. The van der Waals surface area contributed by atoms with Gasteiger partial charge in [0, 0.05) is 20.1 Å². The fraction of sp³-hybridized carbons (Fsp3) is 0.0909. The zero-order valence-corrected chi connectivity index (χ0v) is 17.1. The van der Waals surface area contributed by atoms with E-state index in [2.05, 4.69) is 31.9 Å². The molecule has 1 aliphatic rings. The Bertz CT molecular complexity index is 840. The van der Waals surface area contributed by atoms with Crippen molar-refractivity contribution in [3.8, 4) is 0 Å². The highest BCUT2D eigenvalue weighted by molar-refractivity contribution is 9.10. The molecular formula is C22H16Br2O2. The van der Waals surface area contributed by atoms with E-state index >= 15 is 0 Å². The van der Waals surface area contributed by atoms with Crippen molar-refractivity contribution in [2.75, 3.05) is 0 Å². The second kappa shape index (κ2) is 8.56. The number of rotatable bonds is 2. The van der Waals surface area contributed by atoms with E-state index in [0.717, 1.165) is 20.1 Å². The van der Waals surface area contributed by atoms with E-state index in [0.29, 0.717) is 24.0 Å². The van der Waals surface area contributed by atoms with Gasteiger partial charge in [-0.25, -0.2) is 0 Å². The predicted molar refractivity (Wildman–Crippen MR) is 113 cm³/mol. The Morgan fingerprint density at radius 2 is 0.962 bits per heavy atom. The maximum atomic E-state index is 12.7. The van der Waals surface area contributed by atoms with E-state index in [1.165, 1.54) is 0 Å². The van der Waals surface area contributed by atoms with Gasteiger partial charge in [-0.2, -0.15) is 0 Å². The Morgan fingerprint density at radius 1 is 0.615 bits per heavy atom. The summed E-state index contributed by atoms with van der Waals surface area (Å²) >= 11 is 6.79. The molecule has 0 spiro atoms. The van der Waals surface area contributed by atoms with E-state index in [1.54, 1.807) is 12.2 Å². The minimum atomic E-state index is -0.430. The van der Waals surface area contributed by atoms with Gasteiger partial charge in [-0.05, 0) is 60.4 Å². The van der Waals surface area contributed by atoms with Crippen molar-refractivity contribution < 1.29 is 9.59 Å². The van der Waals surface area contributed by atoms with Gasteiger partial charge in [0.05, 0.1) is 0 Å². The number of allylic oxidation sites excluding steroid dienone is 4. The van der Waals surface area contributed by atoms with E-state index in [9.17, 15) is 9.59 Å². The van der Waals surface area contributed by atoms with Crippen LogP contribution in [-0.2, 0) is 9.59 Å². The predicted octanol–water partition coefficient (Wildman–Crippen LogP) is 6.17. The molecule has 1 aliphatic carbocycles. The molecule has 0 unspecified atom stereocenters. The topological polar surface area (TPSA) is 34.1 Å². The third kappa shape index (κ3) is 4.77. The van der Waals surface area contributed by atoms with Gasteiger partial charge in [0.2, 0.25) is 11.6 Å². The number of hydrogen-bond donors (Lipinski definition) is 0. The zero-order chi connectivity index (χ0) is 18.5. The van der Waals surface area contributed by atoms with Gasteiger partial charge in [0.15, 0.2) is 0 Å². The first-order valence-corrected chi connectivity index (χ1v) is 9.78. The highest BCUT2D eigenvalue weighted by Crippen LogP contribution is 2.22.